The van der Waals surface area contributed by atoms with E-state index in [9.17, 15) is 0 Å². The topological polar surface area (TPSA) is 26.0 Å². The summed E-state index contributed by atoms with van der Waals surface area (Å²) in [4.78, 5) is 0. The van der Waals surface area contributed by atoms with Crippen molar-refractivity contribution in [3.8, 4) is 0 Å². The van der Waals surface area contributed by atoms with Crippen LogP contribution in [0, 0.1) is 6.92 Å². The summed E-state index contributed by atoms with van der Waals surface area (Å²) >= 11 is 2.07. The first-order chi connectivity index (χ1) is 7.75. The van der Waals surface area contributed by atoms with E-state index >= 15 is 0 Å². The zero-order chi connectivity index (χ0) is 11.4. The molecule has 0 spiro atoms. The summed E-state index contributed by atoms with van der Waals surface area (Å²) in [5.74, 6) is 1.30. The van der Waals surface area contributed by atoms with E-state index in [0.29, 0.717) is 11.3 Å². The van der Waals surface area contributed by atoms with E-state index in [0.717, 1.165) is 6.42 Å². The van der Waals surface area contributed by atoms with Gasteiger partial charge in [0.25, 0.3) is 0 Å². The minimum absolute atomic E-state index is 0.327. The van der Waals surface area contributed by atoms with Gasteiger partial charge in [0, 0.05) is 11.3 Å². The Morgan fingerprint density at radius 1 is 1.31 bits per heavy atom. The van der Waals surface area contributed by atoms with Crippen LogP contribution in [0.25, 0.3) is 0 Å². The molecule has 2 heteroatoms. The molecule has 0 aromatic heterocycles. The fourth-order valence-corrected chi connectivity index (χ4v) is 3.58. The predicted molar refractivity (Wildman–Crippen MR) is 73.0 cm³/mol. The fraction of sp³-hybridized carbons (Fsp3) is 0.571. The Morgan fingerprint density at radius 2 is 2.06 bits per heavy atom. The van der Waals surface area contributed by atoms with Crippen molar-refractivity contribution in [3.63, 3.8) is 0 Å². The summed E-state index contributed by atoms with van der Waals surface area (Å²) < 4.78 is 0. The summed E-state index contributed by atoms with van der Waals surface area (Å²) in [6.07, 6.45) is 5.06. The van der Waals surface area contributed by atoms with Crippen molar-refractivity contribution in [2.45, 2.75) is 43.9 Å². The molecule has 0 radical (unpaired) electrons. The van der Waals surface area contributed by atoms with E-state index in [-0.39, 0.29) is 0 Å². The van der Waals surface area contributed by atoms with Gasteiger partial charge in [0.15, 0.2) is 0 Å². The molecule has 2 N–H and O–H groups in total. The standard InChI is InChI=1S/C14H21NS/c1-11-5-7-12(8-6-11)10-13(15)14-4-2-3-9-16-14/h5-8,13-14H,2-4,9-10,15H2,1H3. The molecule has 1 aromatic carbocycles. The van der Waals surface area contributed by atoms with Crippen LogP contribution in [0.3, 0.4) is 0 Å². The Kier molecular flexibility index (Phi) is 4.30. The van der Waals surface area contributed by atoms with Gasteiger partial charge in [-0.05, 0) is 37.5 Å². The van der Waals surface area contributed by atoms with Crippen LogP contribution in [0.15, 0.2) is 24.3 Å². The third kappa shape index (κ3) is 3.26. The molecule has 1 heterocycles. The quantitative estimate of drug-likeness (QED) is 0.871. The summed E-state index contributed by atoms with van der Waals surface area (Å²) in [6, 6.07) is 9.10. The summed E-state index contributed by atoms with van der Waals surface area (Å²) in [5, 5.41) is 0.676. The lowest BCUT2D eigenvalue weighted by Gasteiger charge is -2.27. The number of hydrogen-bond acceptors (Lipinski definition) is 2. The number of hydrogen-bond donors (Lipinski definition) is 1. The average Bonchev–Trinajstić information content (AvgIpc) is 2.33. The van der Waals surface area contributed by atoms with Gasteiger partial charge in [-0.3, -0.25) is 0 Å². The van der Waals surface area contributed by atoms with Crippen LogP contribution in [0.4, 0.5) is 0 Å². The van der Waals surface area contributed by atoms with Crippen molar-refractivity contribution in [2.24, 2.45) is 5.73 Å². The molecular formula is C14H21NS. The third-order valence-corrected chi connectivity index (χ3v) is 4.82. The molecule has 0 aliphatic carbocycles. The van der Waals surface area contributed by atoms with E-state index in [1.807, 2.05) is 0 Å². The van der Waals surface area contributed by atoms with Crippen LogP contribution >= 0.6 is 11.8 Å². The Labute approximate surface area is 103 Å². The zero-order valence-electron chi connectivity index (χ0n) is 9.99. The van der Waals surface area contributed by atoms with Crippen LogP contribution in [-0.4, -0.2) is 17.0 Å². The highest BCUT2D eigenvalue weighted by molar-refractivity contribution is 8.00. The van der Waals surface area contributed by atoms with Crippen molar-refractivity contribution in [1.29, 1.82) is 0 Å². The molecule has 88 valence electrons. The Hall–Kier alpha value is -0.470. The molecule has 2 atom stereocenters. The van der Waals surface area contributed by atoms with E-state index in [4.69, 9.17) is 5.73 Å². The van der Waals surface area contributed by atoms with Gasteiger partial charge >= 0.3 is 0 Å². The minimum Gasteiger partial charge on any atom is -0.326 e. The second kappa shape index (κ2) is 5.74. The number of rotatable bonds is 3. The molecule has 1 nitrogen and oxygen atoms in total. The van der Waals surface area contributed by atoms with Gasteiger partial charge in [-0.25, -0.2) is 0 Å². The summed E-state index contributed by atoms with van der Waals surface area (Å²) in [6.45, 7) is 2.13. The molecule has 1 aliphatic rings. The highest BCUT2D eigenvalue weighted by Crippen LogP contribution is 2.28. The Morgan fingerprint density at radius 3 is 2.69 bits per heavy atom. The number of thioether (sulfide) groups is 1. The maximum Gasteiger partial charge on any atom is 0.0202 e. The predicted octanol–water partition coefficient (Wildman–Crippen LogP) is 3.15. The van der Waals surface area contributed by atoms with Crippen LogP contribution in [-0.2, 0) is 6.42 Å². The highest BCUT2D eigenvalue weighted by atomic mass is 32.2. The number of aryl methyl sites for hydroxylation is 1. The molecule has 0 saturated carbocycles. The van der Waals surface area contributed by atoms with Crippen LogP contribution in [0.1, 0.15) is 30.4 Å². The molecule has 16 heavy (non-hydrogen) atoms. The summed E-state index contributed by atoms with van der Waals surface area (Å²) in [5.41, 5.74) is 9.00. The summed E-state index contributed by atoms with van der Waals surface area (Å²) in [7, 11) is 0. The van der Waals surface area contributed by atoms with Crippen molar-refractivity contribution < 1.29 is 0 Å². The van der Waals surface area contributed by atoms with Gasteiger partial charge < -0.3 is 5.73 Å². The third-order valence-electron chi connectivity index (χ3n) is 3.28. The Bertz CT molecular complexity index is 314. The highest BCUT2D eigenvalue weighted by Gasteiger charge is 2.20. The first kappa shape index (κ1) is 12.0. The van der Waals surface area contributed by atoms with Crippen LogP contribution in [0.5, 0.6) is 0 Å². The van der Waals surface area contributed by atoms with Gasteiger partial charge in [0.1, 0.15) is 0 Å². The maximum atomic E-state index is 6.30. The number of benzene rings is 1. The maximum absolute atomic E-state index is 6.30. The van der Waals surface area contributed by atoms with Crippen LogP contribution < -0.4 is 5.73 Å². The van der Waals surface area contributed by atoms with Crippen molar-refractivity contribution in [3.05, 3.63) is 35.4 Å². The minimum atomic E-state index is 0.327. The lowest BCUT2D eigenvalue weighted by molar-refractivity contribution is 0.559. The van der Waals surface area contributed by atoms with E-state index in [1.54, 1.807) is 0 Å². The lowest BCUT2D eigenvalue weighted by atomic mass is 10.00. The van der Waals surface area contributed by atoms with Gasteiger partial charge in [0.2, 0.25) is 0 Å². The van der Waals surface area contributed by atoms with Gasteiger partial charge in [-0.2, -0.15) is 11.8 Å². The zero-order valence-corrected chi connectivity index (χ0v) is 10.8. The molecule has 1 aromatic rings. The fourth-order valence-electron chi connectivity index (χ4n) is 2.23. The normalized spacial score (nSPS) is 23.0. The molecule has 1 saturated heterocycles. The largest absolute Gasteiger partial charge is 0.326 e. The molecule has 1 fully saturated rings. The van der Waals surface area contributed by atoms with Crippen molar-refractivity contribution >= 4 is 11.8 Å². The molecular weight excluding hydrogens is 214 g/mol. The second-order valence-electron chi connectivity index (χ2n) is 4.76. The first-order valence-electron chi connectivity index (χ1n) is 6.18. The SMILES string of the molecule is Cc1ccc(CC(N)C2CCCCS2)cc1. The van der Waals surface area contributed by atoms with Crippen LogP contribution in [0.2, 0.25) is 0 Å². The molecule has 2 unspecified atom stereocenters. The van der Waals surface area contributed by atoms with E-state index in [2.05, 4.69) is 43.0 Å². The lowest BCUT2D eigenvalue weighted by Crippen LogP contribution is -2.36. The van der Waals surface area contributed by atoms with Gasteiger partial charge in [0.05, 0.1) is 0 Å². The van der Waals surface area contributed by atoms with Gasteiger partial charge in [-0.15, -0.1) is 0 Å². The Balaban J connectivity index is 1.90. The molecule has 2 rings (SSSR count). The monoisotopic (exact) mass is 235 g/mol. The van der Waals surface area contributed by atoms with E-state index < -0.39 is 0 Å². The second-order valence-corrected chi connectivity index (χ2v) is 6.11. The molecule has 0 bridgehead atoms. The van der Waals surface area contributed by atoms with Gasteiger partial charge in [-0.1, -0.05) is 36.2 Å². The number of nitrogens with two attached hydrogens (primary N) is 1. The molecule has 1 aliphatic heterocycles. The smallest absolute Gasteiger partial charge is 0.0202 e. The average molecular weight is 235 g/mol. The van der Waals surface area contributed by atoms with E-state index in [1.165, 1.54) is 36.1 Å². The first-order valence-corrected chi connectivity index (χ1v) is 7.23. The van der Waals surface area contributed by atoms with Crippen molar-refractivity contribution in [2.75, 3.05) is 5.75 Å². The van der Waals surface area contributed by atoms with Crippen molar-refractivity contribution in [1.82, 2.24) is 0 Å². The molecule has 0 amide bonds.